The molecule has 0 unspecified atom stereocenters. The van der Waals surface area contributed by atoms with Gasteiger partial charge in [0.05, 0.1) is 10.5 Å². The number of hydrogen-bond donors (Lipinski definition) is 1. The Kier molecular flexibility index (Phi) is 7.33. The molecule has 3 aromatic rings. The van der Waals surface area contributed by atoms with Crippen LogP contribution >= 0.6 is 0 Å². The highest BCUT2D eigenvalue weighted by Crippen LogP contribution is 2.25. The lowest BCUT2D eigenvalue weighted by molar-refractivity contribution is -0.123. The molecule has 1 heterocycles. The molecular weight excluding hydrogens is 464 g/mol. The van der Waals surface area contributed by atoms with E-state index in [1.165, 1.54) is 35.5 Å². The third-order valence-corrected chi connectivity index (χ3v) is 7.93. The summed E-state index contributed by atoms with van der Waals surface area (Å²) < 4.78 is 33.3. The lowest BCUT2D eigenvalue weighted by atomic mass is 10.0. The fraction of sp³-hybridized carbons (Fsp3) is 0.259. The number of benzene rings is 3. The molecule has 0 aromatic heterocycles. The van der Waals surface area contributed by atoms with E-state index in [1.54, 1.807) is 12.1 Å². The first-order chi connectivity index (χ1) is 16.8. The van der Waals surface area contributed by atoms with Gasteiger partial charge in [-0.3, -0.25) is 4.79 Å². The molecule has 1 amide bonds. The van der Waals surface area contributed by atoms with Gasteiger partial charge in [0.25, 0.3) is 5.91 Å². The standard InChI is InChI=1S/C27H28N2O5S/c1-3-20-11-13-24(14-12-20)28-26(30)19(2)34-27(31)22-9-6-10-25(17-22)35(32,33)29-16-15-21-7-4-5-8-23(21)18-29/h4-14,17,19H,3,15-16,18H2,1-2H3,(H,28,30)/t19-/m1/s1. The molecule has 0 saturated heterocycles. The number of ether oxygens (including phenoxy) is 1. The van der Waals surface area contributed by atoms with Gasteiger partial charge in [-0.2, -0.15) is 4.31 Å². The highest BCUT2D eigenvalue weighted by Gasteiger charge is 2.29. The Bertz CT molecular complexity index is 1340. The fourth-order valence-electron chi connectivity index (χ4n) is 3.96. The lowest BCUT2D eigenvalue weighted by Gasteiger charge is -2.28. The van der Waals surface area contributed by atoms with Crippen LogP contribution in [0.15, 0.2) is 77.7 Å². The summed E-state index contributed by atoms with van der Waals surface area (Å²) >= 11 is 0. The number of rotatable bonds is 7. The highest BCUT2D eigenvalue weighted by atomic mass is 32.2. The zero-order chi connectivity index (χ0) is 25.0. The number of nitrogens with zero attached hydrogens (tertiary/aromatic N) is 1. The van der Waals surface area contributed by atoms with Crippen LogP contribution in [-0.4, -0.2) is 37.2 Å². The van der Waals surface area contributed by atoms with Gasteiger partial charge in [-0.1, -0.05) is 49.4 Å². The van der Waals surface area contributed by atoms with Crippen LogP contribution in [0, 0.1) is 0 Å². The van der Waals surface area contributed by atoms with Gasteiger partial charge < -0.3 is 10.1 Å². The van der Waals surface area contributed by atoms with Gasteiger partial charge in [0.15, 0.2) is 6.10 Å². The van der Waals surface area contributed by atoms with E-state index in [1.807, 2.05) is 43.3 Å². The van der Waals surface area contributed by atoms with Gasteiger partial charge in [-0.05, 0) is 66.8 Å². The summed E-state index contributed by atoms with van der Waals surface area (Å²) in [6.45, 7) is 4.16. The molecule has 1 aliphatic heterocycles. The van der Waals surface area contributed by atoms with Crippen LogP contribution in [0.25, 0.3) is 0 Å². The van der Waals surface area contributed by atoms with Gasteiger partial charge in [0.2, 0.25) is 10.0 Å². The third kappa shape index (κ3) is 5.61. The van der Waals surface area contributed by atoms with Crippen molar-refractivity contribution in [1.29, 1.82) is 0 Å². The second kappa shape index (κ2) is 10.4. The van der Waals surface area contributed by atoms with Crippen LogP contribution in [0.3, 0.4) is 0 Å². The molecule has 0 spiro atoms. The summed E-state index contributed by atoms with van der Waals surface area (Å²) in [5, 5.41) is 2.72. The fourth-order valence-corrected chi connectivity index (χ4v) is 5.42. The molecule has 0 fully saturated rings. The lowest BCUT2D eigenvalue weighted by Crippen LogP contribution is -2.36. The smallest absolute Gasteiger partial charge is 0.338 e. The SMILES string of the molecule is CCc1ccc(NC(=O)[C@@H](C)OC(=O)c2cccc(S(=O)(=O)N3CCc4ccccc4C3)c2)cc1. The van der Waals surface area contributed by atoms with E-state index in [9.17, 15) is 18.0 Å². The van der Waals surface area contributed by atoms with Crippen LogP contribution in [0.2, 0.25) is 0 Å². The van der Waals surface area contributed by atoms with Crippen molar-refractivity contribution in [3.63, 3.8) is 0 Å². The number of amides is 1. The molecule has 7 nitrogen and oxygen atoms in total. The number of carbonyl (C=O) groups is 2. The van der Waals surface area contributed by atoms with E-state index in [4.69, 9.17) is 4.74 Å². The quantitative estimate of drug-likeness (QED) is 0.500. The molecular formula is C27H28N2O5S. The highest BCUT2D eigenvalue weighted by molar-refractivity contribution is 7.89. The monoisotopic (exact) mass is 492 g/mol. The number of nitrogens with one attached hydrogen (secondary N) is 1. The normalized spacial score (nSPS) is 14.6. The average molecular weight is 493 g/mol. The van der Waals surface area contributed by atoms with Crippen LogP contribution in [0.5, 0.6) is 0 Å². The van der Waals surface area contributed by atoms with Crippen molar-refractivity contribution in [3.8, 4) is 0 Å². The summed E-state index contributed by atoms with van der Waals surface area (Å²) in [7, 11) is -3.81. The molecule has 35 heavy (non-hydrogen) atoms. The molecule has 0 saturated carbocycles. The van der Waals surface area contributed by atoms with E-state index < -0.39 is 28.0 Å². The minimum Gasteiger partial charge on any atom is -0.449 e. The number of carbonyl (C=O) groups excluding carboxylic acids is 2. The Hall–Kier alpha value is -3.49. The number of aryl methyl sites for hydroxylation is 1. The Morgan fingerprint density at radius 2 is 1.71 bits per heavy atom. The van der Waals surface area contributed by atoms with E-state index in [0.717, 1.165) is 23.1 Å². The van der Waals surface area contributed by atoms with Crippen molar-refractivity contribution in [2.75, 3.05) is 11.9 Å². The topological polar surface area (TPSA) is 92.8 Å². The molecule has 0 bridgehead atoms. The Morgan fingerprint density at radius 3 is 2.43 bits per heavy atom. The molecule has 3 aromatic carbocycles. The van der Waals surface area contributed by atoms with Crippen molar-refractivity contribution in [2.45, 2.75) is 44.2 Å². The predicted octanol–water partition coefficient (Wildman–Crippen LogP) is 4.18. The second-order valence-electron chi connectivity index (χ2n) is 8.47. The molecule has 8 heteroatoms. The van der Waals surface area contributed by atoms with Gasteiger partial charge in [0, 0.05) is 18.8 Å². The van der Waals surface area contributed by atoms with Crippen molar-refractivity contribution in [1.82, 2.24) is 4.31 Å². The van der Waals surface area contributed by atoms with Crippen LogP contribution in [0.4, 0.5) is 5.69 Å². The zero-order valence-corrected chi connectivity index (χ0v) is 20.5. The van der Waals surface area contributed by atoms with Crippen LogP contribution in [-0.2, 0) is 38.9 Å². The van der Waals surface area contributed by atoms with Crippen molar-refractivity contribution < 1.29 is 22.7 Å². The van der Waals surface area contributed by atoms with Gasteiger partial charge in [0.1, 0.15) is 0 Å². The number of anilines is 1. The summed E-state index contributed by atoms with van der Waals surface area (Å²) in [6.07, 6.45) is 0.458. The maximum atomic E-state index is 13.3. The molecule has 182 valence electrons. The predicted molar refractivity (Wildman–Crippen MR) is 134 cm³/mol. The van der Waals surface area contributed by atoms with Crippen molar-refractivity contribution in [3.05, 3.63) is 95.1 Å². The van der Waals surface area contributed by atoms with Crippen LogP contribution in [0.1, 0.15) is 40.9 Å². The number of fused-ring (bicyclic) bond motifs is 1. The molecule has 1 aliphatic rings. The summed E-state index contributed by atoms with van der Waals surface area (Å²) in [4.78, 5) is 25.2. The van der Waals surface area contributed by atoms with Gasteiger partial charge in [-0.15, -0.1) is 0 Å². The first-order valence-electron chi connectivity index (χ1n) is 11.6. The molecule has 1 N–H and O–H groups in total. The van der Waals surface area contributed by atoms with Crippen molar-refractivity contribution >= 4 is 27.6 Å². The molecule has 0 radical (unpaired) electrons. The van der Waals surface area contributed by atoms with Gasteiger partial charge in [-0.25, -0.2) is 13.2 Å². The molecule has 4 rings (SSSR count). The first kappa shape index (κ1) is 24.6. The zero-order valence-electron chi connectivity index (χ0n) is 19.7. The Morgan fingerprint density at radius 1 is 1.00 bits per heavy atom. The first-order valence-corrected chi connectivity index (χ1v) is 13.0. The second-order valence-corrected chi connectivity index (χ2v) is 10.4. The van der Waals surface area contributed by atoms with E-state index in [2.05, 4.69) is 5.32 Å². The molecule has 1 atom stereocenters. The Balaban J connectivity index is 1.43. The summed E-state index contributed by atoms with van der Waals surface area (Å²) in [5.74, 6) is -1.24. The van der Waals surface area contributed by atoms with E-state index in [-0.39, 0.29) is 17.0 Å². The number of hydrogen-bond acceptors (Lipinski definition) is 5. The Labute approximate surface area is 205 Å². The average Bonchev–Trinajstić information content (AvgIpc) is 2.88. The minimum atomic E-state index is -3.81. The van der Waals surface area contributed by atoms with E-state index >= 15 is 0 Å². The number of sulfonamides is 1. The minimum absolute atomic E-state index is 0.0134. The van der Waals surface area contributed by atoms with E-state index in [0.29, 0.717) is 18.7 Å². The maximum Gasteiger partial charge on any atom is 0.338 e. The summed E-state index contributed by atoms with van der Waals surface area (Å²) in [5.41, 5.74) is 3.93. The largest absolute Gasteiger partial charge is 0.449 e. The van der Waals surface area contributed by atoms with Crippen molar-refractivity contribution in [2.24, 2.45) is 0 Å². The van der Waals surface area contributed by atoms with Crippen LogP contribution < -0.4 is 5.32 Å². The van der Waals surface area contributed by atoms with Gasteiger partial charge >= 0.3 is 5.97 Å². The maximum absolute atomic E-state index is 13.3. The third-order valence-electron chi connectivity index (χ3n) is 6.09. The number of esters is 1. The molecule has 0 aliphatic carbocycles. The summed E-state index contributed by atoms with van der Waals surface area (Å²) in [6, 6.07) is 20.9.